The fraction of sp³-hybridized carbons (Fsp3) is 0.241. The van der Waals surface area contributed by atoms with Gasteiger partial charge in [-0.3, -0.25) is 4.57 Å². The molecule has 0 spiro atoms. The third-order valence-corrected chi connectivity index (χ3v) is 10.2. The van der Waals surface area contributed by atoms with Crippen LogP contribution in [0.5, 0.6) is 11.5 Å². The Morgan fingerprint density at radius 3 is 2.67 bits per heavy atom. The average molecular weight is 674 g/mol. The molecule has 2 aromatic heterocycles. The highest BCUT2D eigenvalue weighted by Gasteiger charge is 2.33. The molecule has 1 unspecified atom stereocenters. The first-order chi connectivity index (χ1) is 22.0. The highest BCUT2D eigenvalue weighted by Crippen LogP contribution is 2.35. The minimum absolute atomic E-state index is 0.0492. The number of carboxylic acid groups (broad SMARTS) is 1. The normalized spacial score (nSPS) is 14.7. The standard InChI is InChI=1S/C29H25F2N5O8S2/c1-42-18-7-6-17(24(8-18)43-2)12-36(27-32-15-33-45-27)46(40,41)26-10-25-23(9-21(26)30)35(29(39)44-25)11-16-4-3-5-19-20(16)13-34(28(37)38)14-22(19)31/h3-10,15,22H,11-14H2,1-2H3,(H,37,38). The molecule has 1 atom stereocenters. The van der Waals surface area contributed by atoms with Crippen LogP contribution in [0.3, 0.4) is 0 Å². The maximum absolute atomic E-state index is 15.8. The molecule has 3 heterocycles. The van der Waals surface area contributed by atoms with Gasteiger partial charge in [0.1, 0.15) is 34.7 Å². The molecule has 0 saturated carbocycles. The fourth-order valence-electron chi connectivity index (χ4n) is 5.35. The number of fused-ring (bicyclic) bond motifs is 2. The number of halogens is 2. The van der Waals surface area contributed by atoms with Crippen LogP contribution in [0.25, 0.3) is 11.1 Å². The highest BCUT2D eigenvalue weighted by atomic mass is 32.2. The zero-order chi connectivity index (χ0) is 32.7. The summed E-state index contributed by atoms with van der Waals surface area (Å²) >= 11 is 0.777. The molecular formula is C29H25F2N5O8S2. The van der Waals surface area contributed by atoms with Gasteiger partial charge in [0.05, 0.1) is 39.4 Å². The quantitative estimate of drug-likeness (QED) is 0.235. The summed E-state index contributed by atoms with van der Waals surface area (Å²) in [5.41, 5.74) is 1.24. The van der Waals surface area contributed by atoms with E-state index in [2.05, 4.69) is 9.36 Å². The number of methoxy groups -OCH3 is 2. The molecule has 13 nitrogen and oxygen atoms in total. The van der Waals surface area contributed by atoms with Gasteiger partial charge in [0.25, 0.3) is 10.0 Å². The lowest BCUT2D eigenvalue weighted by atomic mass is 9.93. The zero-order valence-corrected chi connectivity index (χ0v) is 25.8. The molecule has 17 heteroatoms. The second-order valence-electron chi connectivity index (χ2n) is 10.2. The van der Waals surface area contributed by atoms with E-state index < -0.39 is 38.8 Å². The first-order valence-electron chi connectivity index (χ1n) is 13.6. The molecule has 240 valence electrons. The maximum Gasteiger partial charge on any atom is 0.420 e. The van der Waals surface area contributed by atoms with Gasteiger partial charge >= 0.3 is 11.8 Å². The van der Waals surface area contributed by atoms with Gasteiger partial charge in [-0.2, -0.15) is 4.37 Å². The summed E-state index contributed by atoms with van der Waals surface area (Å²) in [7, 11) is -1.80. The number of aromatic nitrogens is 3. The maximum atomic E-state index is 15.8. The molecular weight excluding hydrogens is 648 g/mol. The fourth-order valence-corrected chi connectivity index (χ4v) is 7.55. The second-order valence-corrected chi connectivity index (χ2v) is 12.8. The minimum Gasteiger partial charge on any atom is -0.497 e. The first kappa shape index (κ1) is 31.0. The number of sulfonamides is 1. The number of hydrogen-bond donors (Lipinski definition) is 1. The molecule has 5 aromatic rings. The molecule has 0 aliphatic carbocycles. The number of amides is 1. The van der Waals surface area contributed by atoms with Gasteiger partial charge in [0.15, 0.2) is 5.58 Å². The molecule has 1 N–H and O–H groups in total. The van der Waals surface area contributed by atoms with E-state index in [-0.39, 0.29) is 42.4 Å². The lowest BCUT2D eigenvalue weighted by molar-refractivity contribution is 0.117. The van der Waals surface area contributed by atoms with Crippen molar-refractivity contribution in [2.45, 2.75) is 30.7 Å². The third kappa shape index (κ3) is 5.51. The van der Waals surface area contributed by atoms with E-state index in [0.717, 1.165) is 43.8 Å². The molecule has 0 fully saturated rings. The zero-order valence-electron chi connectivity index (χ0n) is 24.2. The van der Waals surface area contributed by atoms with Gasteiger partial charge in [0, 0.05) is 41.8 Å². The average Bonchev–Trinajstić information content (AvgIpc) is 3.67. The number of anilines is 1. The van der Waals surface area contributed by atoms with Crippen LogP contribution in [-0.4, -0.2) is 59.2 Å². The summed E-state index contributed by atoms with van der Waals surface area (Å²) in [6, 6.07) is 11.3. The lowest BCUT2D eigenvalue weighted by Crippen LogP contribution is -2.37. The largest absolute Gasteiger partial charge is 0.497 e. The lowest BCUT2D eigenvalue weighted by Gasteiger charge is -2.30. The van der Waals surface area contributed by atoms with Crippen molar-refractivity contribution < 1.29 is 41.0 Å². The topological polar surface area (TPSA) is 157 Å². The molecule has 1 aliphatic rings. The number of carbonyl (C=O) groups is 1. The molecule has 1 aliphatic heterocycles. The van der Waals surface area contributed by atoms with Gasteiger partial charge < -0.3 is 23.9 Å². The van der Waals surface area contributed by atoms with E-state index in [0.29, 0.717) is 33.8 Å². The molecule has 1 amide bonds. The summed E-state index contributed by atoms with van der Waals surface area (Å²) in [6.07, 6.45) is -1.70. The minimum atomic E-state index is -4.67. The molecule has 0 radical (unpaired) electrons. The smallest absolute Gasteiger partial charge is 0.420 e. The first-order valence-corrected chi connectivity index (χ1v) is 15.8. The molecule has 46 heavy (non-hydrogen) atoms. The van der Waals surface area contributed by atoms with E-state index in [1.165, 1.54) is 14.2 Å². The summed E-state index contributed by atoms with van der Waals surface area (Å²) in [6.45, 7) is -0.963. The van der Waals surface area contributed by atoms with Crippen molar-refractivity contribution in [1.29, 1.82) is 0 Å². The van der Waals surface area contributed by atoms with Gasteiger partial charge in [0.2, 0.25) is 5.13 Å². The van der Waals surface area contributed by atoms with Crippen molar-refractivity contribution in [3.63, 3.8) is 0 Å². The Morgan fingerprint density at radius 1 is 1.17 bits per heavy atom. The van der Waals surface area contributed by atoms with Crippen LogP contribution in [0, 0.1) is 5.82 Å². The molecule has 6 rings (SSSR count). The number of benzene rings is 3. The molecule has 0 bridgehead atoms. The van der Waals surface area contributed by atoms with Crippen molar-refractivity contribution >= 4 is 43.9 Å². The Hall–Kier alpha value is -5.03. The summed E-state index contributed by atoms with van der Waals surface area (Å²) in [4.78, 5) is 28.8. The van der Waals surface area contributed by atoms with E-state index in [1.807, 2.05) is 0 Å². The predicted molar refractivity (Wildman–Crippen MR) is 161 cm³/mol. The monoisotopic (exact) mass is 673 g/mol. The summed E-state index contributed by atoms with van der Waals surface area (Å²) < 4.78 is 80.6. The number of hydrogen-bond acceptors (Lipinski definition) is 10. The predicted octanol–water partition coefficient (Wildman–Crippen LogP) is 4.55. The van der Waals surface area contributed by atoms with Crippen molar-refractivity contribution in [3.8, 4) is 11.5 Å². The van der Waals surface area contributed by atoms with Gasteiger partial charge in [-0.15, -0.1) is 0 Å². The van der Waals surface area contributed by atoms with E-state index in [9.17, 15) is 27.5 Å². The third-order valence-electron chi connectivity index (χ3n) is 7.64. The Bertz CT molecular complexity index is 2120. The van der Waals surface area contributed by atoms with Crippen LogP contribution in [0.15, 0.2) is 69.0 Å². The number of nitrogens with zero attached hydrogens (tertiary/aromatic N) is 5. The van der Waals surface area contributed by atoms with Crippen molar-refractivity contribution in [1.82, 2.24) is 18.8 Å². The number of alkyl halides is 1. The van der Waals surface area contributed by atoms with Crippen LogP contribution in [0.2, 0.25) is 0 Å². The van der Waals surface area contributed by atoms with E-state index in [1.54, 1.807) is 36.4 Å². The van der Waals surface area contributed by atoms with Crippen LogP contribution in [0.4, 0.5) is 18.7 Å². The van der Waals surface area contributed by atoms with Gasteiger partial charge in [-0.1, -0.05) is 18.2 Å². The Balaban J connectivity index is 1.40. The summed E-state index contributed by atoms with van der Waals surface area (Å²) in [5.74, 6) is -1.30. The molecule has 3 aromatic carbocycles. The Kier molecular flexibility index (Phi) is 8.11. The van der Waals surface area contributed by atoms with Crippen LogP contribution >= 0.6 is 11.5 Å². The Labute approximate surface area is 264 Å². The summed E-state index contributed by atoms with van der Waals surface area (Å²) in [5, 5.41) is 9.39. The van der Waals surface area contributed by atoms with Crippen LogP contribution in [-0.2, 0) is 29.7 Å². The SMILES string of the molecule is COc1ccc(CN(c2ncns2)S(=O)(=O)c2cc3oc(=O)n(Cc4cccc5c4CN(C(=O)O)CC5F)c3cc2F)c(OC)c1. The van der Waals surface area contributed by atoms with Gasteiger partial charge in [-0.25, -0.2) is 36.1 Å². The van der Waals surface area contributed by atoms with E-state index in [4.69, 9.17) is 13.9 Å². The molecule has 0 saturated heterocycles. The second kappa shape index (κ2) is 12.1. The number of ether oxygens (including phenoxy) is 2. The van der Waals surface area contributed by atoms with E-state index >= 15 is 4.39 Å². The van der Waals surface area contributed by atoms with Crippen molar-refractivity contribution in [2.24, 2.45) is 0 Å². The van der Waals surface area contributed by atoms with Crippen molar-refractivity contribution in [3.05, 3.63) is 93.5 Å². The number of oxazole rings is 1. The Morgan fingerprint density at radius 2 is 1.98 bits per heavy atom. The van der Waals surface area contributed by atoms with Gasteiger partial charge in [-0.05, 0) is 28.8 Å². The number of rotatable bonds is 9. The van der Waals surface area contributed by atoms with Crippen molar-refractivity contribution in [2.75, 3.05) is 25.1 Å². The van der Waals surface area contributed by atoms with Crippen LogP contribution < -0.4 is 19.5 Å². The highest BCUT2D eigenvalue weighted by molar-refractivity contribution is 7.93. The van der Waals surface area contributed by atoms with Crippen LogP contribution in [0.1, 0.15) is 28.4 Å².